The number of benzene rings is 1. The van der Waals surface area contributed by atoms with Crippen molar-refractivity contribution in [1.29, 1.82) is 0 Å². The Morgan fingerprint density at radius 2 is 1.97 bits per heavy atom. The highest BCUT2D eigenvalue weighted by atomic mass is 35.5. The van der Waals surface area contributed by atoms with Gasteiger partial charge in [0.15, 0.2) is 0 Å². The highest BCUT2D eigenvalue weighted by Crippen LogP contribution is 2.36. The molecule has 2 amide bonds. The summed E-state index contributed by atoms with van der Waals surface area (Å²) < 4.78 is 13.3. The van der Waals surface area contributed by atoms with Crippen LogP contribution in [-0.2, 0) is 9.59 Å². The summed E-state index contributed by atoms with van der Waals surface area (Å²) in [7, 11) is 0. The maximum absolute atomic E-state index is 13.4. The van der Waals surface area contributed by atoms with Crippen LogP contribution in [-0.4, -0.2) is 23.3 Å². The van der Waals surface area contributed by atoms with Gasteiger partial charge in [-0.3, -0.25) is 19.5 Å². The third-order valence-corrected chi connectivity index (χ3v) is 8.10. The third kappa shape index (κ3) is 6.42. The van der Waals surface area contributed by atoms with Crippen molar-refractivity contribution < 1.29 is 14.0 Å². The van der Waals surface area contributed by atoms with Gasteiger partial charge in [-0.15, -0.1) is 11.3 Å². The van der Waals surface area contributed by atoms with Crippen LogP contribution in [0.5, 0.6) is 0 Å². The summed E-state index contributed by atoms with van der Waals surface area (Å²) in [5.74, 6) is -0.264. The number of rotatable bonds is 10. The molecule has 190 valence electrons. The van der Waals surface area contributed by atoms with Crippen LogP contribution < -0.4 is 15.5 Å². The lowest BCUT2D eigenvalue weighted by Gasteiger charge is -2.28. The van der Waals surface area contributed by atoms with E-state index in [1.54, 1.807) is 6.20 Å². The fourth-order valence-electron chi connectivity index (χ4n) is 4.62. The molecule has 0 spiro atoms. The lowest BCUT2D eigenvalue weighted by Crippen LogP contribution is -2.44. The fourth-order valence-corrected chi connectivity index (χ4v) is 5.80. The minimum atomic E-state index is -0.662. The van der Waals surface area contributed by atoms with Crippen LogP contribution in [0.1, 0.15) is 55.6 Å². The molecule has 0 bridgehead atoms. The summed E-state index contributed by atoms with van der Waals surface area (Å²) in [5.41, 5.74) is 2.18. The molecule has 1 aliphatic carbocycles. The molecule has 4 rings (SSSR count). The Labute approximate surface area is 219 Å². The van der Waals surface area contributed by atoms with Crippen molar-refractivity contribution in [3.8, 4) is 0 Å². The Kier molecular flexibility index (Phi) is 8.59. The lowest BCUT2D eigenvalue weighted by atomic mass is 9.97. The van der Waals surface area contributed by atoms with E-state index in [2.05, 4.69) is 15.6 Å². The zero-order valence-corrected chi connectivity index (χ0v) is 21.9. The molecule has 1 fully saturated rings. The maximum Gasteiger partial charge on any atom is 0.247 e. The van der Waals surface area contributed by atoms with Crippen molar-refractivity contribution in [3.63, 3.8) is 0 Å². The van der Waals surface area contributed by atoms with Gasteiger partial charge in [-0.05, 0) is 68.7 Å². The van der Waals surface area contributed by atoms with Gasteiger partial charge in [0.05, 0.1) is 27.4 Å². The highest BCUT2D eigenvalue weighted by molar-refractivity contribution is 7.16. The zero-order chi connectivity index (χ0) is 25.7. The Morgan fingerprint density at radius 3 is 2.67 bits per heavy atom. The van der Waals surface area contributed by atoms with E-state index in [0.29, 0.717) is 28.0 Å². The molecule has 2 aromatic heterocycles. The number of aryl methyl sites for hydroxylation is 1. The molecule has 6 nitrogen and oxygen atoms in total. The minimum absolute atomic E-state index is 0.0578. The largest absolute Gasteiger partial charge is 0.376 e. The number of thiophene rings is 1. The Bertz CT molecular complexity index is 1200. The molecule has 1 aromatic carbocycles. The maximum atomic E-state index is 13.4. The van der Waals surface area contributed by atoms with Gasteiger partial charge in [-0.25, -0.2) is 4.39 Å². The molecule has 0 aliphatic heterocycles. The minimum Gasteiger partial charge on any atom is -0.376 e. The second kappa shape index (κ2) is 11.8. The van der Waals surface area contributed by atoms with Crippen LogP contribution in [0.3, 0.4) is 0 Å². The molecule has 1 saturated carbocycles. The van der Waals surface area contributed by atoms with Crippen molar-refractivity contribution in [3.05, 3.63) is 70.1 Å². The molecule has 9 heteroatoms. The average Bonchev–Trinajstić information content (AvgIpc) is 3.55. The zero-order valence-electron chi connectivity index (χ0n) is 20.3. The van der Waals surface area contributed by atoms with Gasteiger partial charge in [-0.1, -0.05) is 37.3 Å². The summed E-state index contributed by atoms with van der Waals surface area (Å²) >= 11 is 7.57. The number of aromatic nitrogens is 1. The van der Waals surface area contributed by atoms with Crippen LogP contribution in [0.4, 0.5) is 20.8 Å². The normalized spacial score (nSPS) is 15.3. The van der Waals surface area contributed by atoms with Gasteiger partial charge in [0.2, 0.25) is 12.3 Å². The number of amides is 2. The Hall–Kier alpha value is -2.97. The van der Waals surface area contributed by atoms with Crippen molar-refractivity contribution in [2.45, 2.75) is 58.0 Å². The molecule has 0 unspecified atom stereocenters. The molecule has 2 atom stereocenters. The molecular formula is C27H30ClFN4O2S. The number of nitrogens with one attached hydrogen (secondary N) is 2. The second-order valence-corrected chi connectivity index (χ2v) is 10.8. The van der Waals surface area contributed by atoms with Crippen molar-refractivity contribution in [2.75, 3.05) is 15.5 Å². The first kappa shape index (κ1) is 26.1. The van der Waals surface area contributed by atoms with Crippen molar-refractivity contribution in [2.24, 2.45) is 5.92 Å². The number of pyridine rings is 1. The quantitative estimate of drug-likeness (QED) is 0.279. The predicted molar refractivity (Wildman–Crippen MR) is 144 cm³/mol. The number of carbonyl (C=O) groups excluding carboxylic acids is 2. The molecule has 2 N–H and O–H groups in total. The molecule has 3 aromatic rings. The van der Waals surface area contributed by atoms with Gasteiger partial charge in [0.1, 0.15) is 11.9 Å². The van der Waals surface area contributed by atoms with E-state index in [1.807, 2.05) is 32.0 Å². The lowest BCUT2D eigenvalue weighted by molar-refractivity contribution is -0.119. The molecule has 0 radical (unpaired) electrons. The van der Waals surface area contributed by atoms with Crippen LogP contribution in [0.15, 0.2) is 48.7 Å². The summed E-state index contributed by atoms with van der Waals surface area (Å²) in [6, 6.07) is 10.6. The Balaban J connectivity index is 1.54. The fraction of sp³-hybridized carbons (Fsp3) is 0.370. The number of anilines is 3. The van der Waals surface area contributed by atoms with E-state index >= 15 is 0 Å². The van der Waals surface area contributed by atoms with Crippen LogP contribution in [0.25, 0.3) is 0 Å². The first-order chi connectivity index (χ1) is 17.3. The number of halogens is 2. The molecule has 36 heavy (non-hydrogen) atoms. The number of hydrogen-bond acceptors (Lipinski definition) is 5. The third-order valence-electron chi connectivity index (χ3n) is 6.61. The van der Waals surface area contributed by atoms with E-state index in [4.69, 9.17) is 11.6 Å². The van der Waals surface area contributed by atoms with E-state index in [-0.39, 0.29) is 17.8 Å². The van der Waals surface area contributed by atoms with Crippen LogP contribution >= 0.6 is 22.9 Å². The van der Waals surface area contributed by atoms with E-state index in [9.17, 15) is 14.0 Å². The monoisotopic (exact) mass is 528 g/mol. The summed E-state index contributed by atoms with van der Waals surface area (Å²) in [6.45, 7) is 3.94. The first-order valence-corrected chi connectivity index (χ1v) is 13.3. The van der Waals surface area contributed by atoms with Gasteiger partial charge in [0.25, 0.3) is 0 Å². The predicted octanol–water partition coefficient (Wildman–Crippen LogP) is 6.97. The van der Waals surface area contributed by atoms with Crippen LogP contribution in [0, 0.1) is 18.7 Å². The highest BCUT2D eigenvalue weighted by Gasteiger charge is 2.31. The first-order valence-electron chi connectivity index (χ1n) is 12.1. The number of nitrogens with zero attached hydrogens (tertiary/aromatic N) is 2. The SMILES string of the molecule is Cc1ncc(Cl)cc1N[C@@H](C)c1ccc(N(C=O)[C@@H](CC2CCCC2)C(=O)Nc2ccc(F)cc2)s1. The molecule has 1 aliphatic rings. The second-order valence-electron chi connectivity index (χ2n) is 9.24. The van der Waals surface area contributed by atoms with Crippen molar-refractivity contribution in [1.82, 2.24) is 4.98 Å². The number of carbonyl (C=O) groups is 2. The van der Waals surface area contributed by atoms with Crippen molar-refractivity contribution >= 4 is 51.6 Å². The average molecular weight is 529 g/mol. The van der Waals surface area contributed by atoms with Gasteiger partial charge >= 0.3 is 0 Å². The van der Waals surface area contributed by atoms with Gasteiger partial charge in [0, 0.05) is 16.8 Å². The van der Waals surface area contributed by atoms with E-state index in [1.165, 1.54) is 40.5 Å². The van der Waals surface area contributed by atoms with Gasteiger partial charge < -0.3 is 10.6 Å². The number of hydrogen-bond donors (Lipinski definition) is 2. The van der Waals surface area contributed by atoms with Gasteiger partial charge in [-0.2, -0.15) is 0 Å². The topological polar surface area (TPSA) is 74.3 Å². The van der Waals surface area contributed by atoms with E-state index in [0.717, 1.165) is 48.4 Å². The van der Waals surface area contributed by atoms with E-state index < -0.39 is 6.04 Å². The molecular weight excluding hydrogens is 499 g/mol. The standard InChI is InChI=1S/C27H30ClFN4O2S/c1-17-23(14-20(28)15-30-17)31-18(2)25-11-12-26(36-25)33(16-34)24(13-19-5-3-4-6-19)27(35)32-22-9-7-21(29)8-10-22/h7-12,14-16,18-19,24,31H,3-6,13H2,1-2H3,(H,32,35)/t18-,24-/m0/s1. The van der Waals surface area contributed by atoms with Crippen LogP contribution in [0.2, 0.25) is 5.02 Å². The summed E-state index contributed by atoms with van der Waals surface area (Å²) in [5, 5.41) is 7.55. The smallest absolute Gasteiger partial charge is 0.247 e. The molecule has 2 heterocycles. The summed E-state index contributed by atoms with van der Waals surface area (Å²) in [4.78, 5) is 32.5. The summed E-state index contributed by atoms with van der Waals surface area (Å²) in [6.07, 6.45) is 7.32. The molecule has 0 saturated heterocycles. The Morgan fingerprint density at radius 1 is 1.25 bits per heavy atom.